The van der Waals surface area contributed by atoms with Gasteiger partial charge in [-0.15, -0.1) is 0 Å². The van der Waals surface area contributed by atoms with Crippen molar-refractivity contribution in [1.82, 2.24) is 0 Å². The second-order valence-electron chi connectivity index (χ2n) is 2.43. The first-order chi connectivity index (χ1) is 4.93. The minimum atomic E-state index is 0.222. The highest BCUT2D eigenvalue weighted by molar-refractivity contribution is 4.67. The Morgan fingerprint density at radius 2 is 2.30 bits per heavy atom. The summed E-state index contributed by atoms with van der Waals surface area (Å²) in [4.78, 5) is 0. The van der Waals surface area contributed by atoms with Crippen LogP contribution in [0.15, 0.2) is 0 Å². The number of aliphatic hydroxyl groups excluding tert-OH is 1. The zero-order chi connectivity index (χ0) is 7.23. The van der Waals surface area contributed by atoms with Crippen molar-refractivity contribution in [2.45, 2.75) is 18.9 Å². The maximum atomic E-state index is 8.38. The van der Waals surface area contributed by atoms with Gasteiger partial charge in [-0.2, -0.15) is 0 Å². The Morgan fingerprint density at radius 1 is 1.50 bits per heavy atom. The van der Waals surface area contributed by atoms with Crippen LogP contribution in [0.5, 0.6) is 0 Å². The summed E-state index contributed by atoms with van der Waals surface area (Å²) in [5.41, 5.74) is 0. The molecule has 0 bridgehead atoms. The third-order valence-corrected chi connectivity index (χ3v) is 1.43. The molecule has 0 aromatic carbocycles. The van der Waals surface area contributed by atoms with Crippen LogP contribution < -0.4 is 0 Å². The van der Waals surface area contributed by atoms with Gasteiger partial charge in [0.2, 0.25) is 0 Å². The molecule has 0 radical (unpaired) electrons. The van der Waals surface area contributed by atoms with Gasteiger partial charge >= 0.3 is 0 Å². The molecule has 0 amide bonds. The molecule has 0 aromatic heterocycles. The summed E-state index contributed by atoms with van der Waals surface area (Å²) < 4.78 is 10.2. The maximum Gasteiger partial charge on any atom is 0.0831 e. The summed E-state index contributed by atoms with van der Waals surface area (Å²) in [6.45, 7) is 2.57. The molecule has 1 aliphatic rings. The first-order valence-electron chi connectivity index (χ1n) is 3.73. The topological polar surface area (TPSA) is 42.0 Å². The SMILES string of the molecule is OCCCOCCC1CO1. The predicted octanol–water partition coefficient (Wildman–Crippen LogP) is 0.174. The highest BCUT2D eigenvalue weighted by Gasteiger charge is 2.21. The fourth-order valence-corrected chi connectivity index (χ4v) is 0.718. The molecule has 1 saturated heterocycles. The summed E-state index contributed by atoms with van der Waals surface area (Å²) >= 11 is 0. The van der Waals surface area contributed by atoms with E-state index in [1.807, 2.05) is 0 Å². The van der Waals surface area contributed by atoms with E-state index in [4.69, 9.17) is 14.6 Å². The first kappa shape index (κ1) is 7.98. The minimum Gasteiger partial charge on any atom is -0.396 e. The first-order valence-corrected chi connectivity index (χ1v) is 3.73. The monoisotopic (exact) mass is 146 g/mol. The molecule has 0 saturated carbocycles. The molecule has 1 rings (SSSR count). The quantitative estimate of drug-likeness (QED) is 0.429. The van der Waals surface area contributed by atoms with Crippen molar-refractivity contribution in [2.24, 2.45) is 0 Å². The van der Waals surface area contributed by atoms with Gasteiger partial charge < -0.3 is 14.6 Å². The average molecular weight is 146 g/mol. The molecular formula is C7H14O3. The summed E-state index contributed by atoms with van der Waals surface area (Å²) in [6, 6.07) is 0. The van der Waals surface area contributed by atoms with Crippen molar-refractivity contribution in [2.75, 3.05) is 26.4 Å². The molecule has 1 unspecified atom stereocenters. The molecule has 10 heavy (non-hydrogen) atoms. The van der Waals surface area contributed by atoms with Crippen LogP contribution in [-0.4, -0.2) is 37.6 Å². The molecule has 60 valence electrons. The van der Waals surface area contributed by atoms with Gasteiger partial charge in [0.25, 0.3) is 0 Å². The molecule has 1 fully saturated rings. The summed E-state index contributed by atoms with van der Waals surface area (Å²) in [6.07, 6.45) is 2.21. The smallest absolute Gasteiger partial charge is 0.0831 e. The van der Waals surface area contributed by atoms with Crippen LogP contribution in [0.4, 0.5) is 0 Å². The van der Waals surface area contributed by atoms with E-state index in [1.54, 1.807) is 0 Å². The lowest BCUT2D eigenvalue weighted by Gasteiger charge is -1.99. The number of hydrogen-bond donors (Lipinski definition) is 1. The predicted molar refractivity (Wildman–Crippen MR) is 36.9 cm³/mol. The standard InChI is InChI=1S/C7H14O3/c8-3-1-4-9-5-2-7-6-10-7/h7-8H,1-6H2. The number of rotatable bonds is 6. The van der Waals surface area contributed by atoms with E-state index in [-0.39, 0.29) is 6.61 Å². The van der Waals surface area contributed by atoms with Gasteiger partial charge in [-0.3, -0.25) is 0 Å². The van der Waals surface area contributed by atoms with Gasteiger partial charge in [0, 0.05) is 19.8 Å². The molecule has 3 heteroatoms. The largest absolute Gasteiger partial charge is 0.396 e. The second-order valence-corrected chi connectivity index (χ2v) is 2.43. The zero-order valence-corrected chi connectivity index (χ0v) is 6.08. The molecular weight excluding hydrogens is 132 g/mol. The fourth-order valence-electron chi connectivity index (χ4n) is 0.718. The average Bonchev–Trinajstić information content (AvgIpc) is 2.71. The van der Waals surface area contributed by atoms with E-state index in [9.17, 15) is 0 Å². The Kier molecular flexibility index (Phi) is 3.72. The molecule has 3 nitrogen and oxygen atoms in total. The summed E-state index contributed by atoms with van der Waals surface area (Å²) in [5.74, 6) is 0. The normalized spacial score (nSPS) is 23.1. The van der Waals surface area contributed by atoms with Crippen LogP contribution in [0.2, 0.25) is 0 Å². The van der Waals surface area contributed by atoms with E-state index >= 15 is 0 Å². The van der Waals surface area contributed by atoms with Crippen LogP contribution in [0.3, 0.4) is 0 Å². The molecule has 0 aliphatic carbocycles. The van der Waals surface area contributed by atoms with E-state index < -0.39 is 0 Å². The Morgan fingerprint density at radius 3 is 2.90 bits per heavy atom. The van der Waals surface area contributed by atoms with Gasteiger partial charge in [0.05, 0.1) is 12.7 Å². The molecule has 1 N–H and O–H groups in total. The van der Waals surface area contributed by atoms with Gasteiger partial charge in [-0.05, 0) is 12.8 Å². The molecule has 0 aromatic rings. The summed E-state index contributed by atoms with van der Waals surface area (Å²) in [7, 11) is 0. The van der Waals surface area contributed by atoms with E-state index in [2.05, 4.69) is 0 Å². The Hall–Kier alpha value is -0.120. The van der Waals surface area contributed by atoms with Crippen LogP contribution in [0.25, 0.3) is 0 Å². The number of ether oxygens (including phenoxy) is 2. The van der Waals surface area contributed by atoms with E-state index in [0.29, 0.717) is 12.7 Å². The highest BCUT2D eigenvalue weighted by Crippen LogP contribution is 2.12. The fraction of sp³-hybridized carbons (Fsp3) is 1.00. The van der Waals surface area contributed by atoms with Crippen molar-refractivity contribution in [3.8, 4) is 0 Å². The molecule has 1 heterocycles. The van der Waals surface area contributed by atoms with Crippen molar-refractivity contribution >= 4 is 0 Å². The molecule has 0 spiro atoms. The van der Waals surface area contributed by atoms with Crippen molar-refractivity contribution in [3.05, 3.63) is 0 Å². The molecule has 1 atom stereocenters. The lowest BCUT2D eigenvalue weighted by molar-refractivity contribution is 0.109. The van der Waals surface area contributed by atoms with Crippen LogP contribution in [0.1, 0.15) is 12.8 Å². The van der Waals surface area contributed by atoms with Gasteiger partial charge in [0.15, 0.2) is 0 Å². The highest BCUT2D eigenvalue weighted by atomic mass is 16.6. The Bertz CT molecular complexity index is 80.9. The third kappa shape index (κ3) is 3.82. The zero-order valence-electron chi connectivity index (χ0n) is 6.08. The van der Waals surface area contributed by atoms with Gasteiger partial charge in [-0.25, -0.2) is 0 Å². The van der Waals surface area contributed by atoms with Crippen molar-refractivity contribution < 1.29 is 14.6 Å². The lowest BCUT2D eigenvalue weighted by atomic mass is 10.3. The molecule has 1 aliphatic heterocycles. The minimum absolute atomic E-state index is 0.222. The number of hydrogen-bond acceptors (Lipinski definition) is 3. The van der Waals surface area contributed by atoms with Gasteiger partial charge in [-0.1, -0.05) is 0 Å². The number of epoxide rings is 1. The van der Waals surface area contributed by atoms with E-state index in [0.717, 1.165) is 26.1 Å². The lowest BCUT2D eigenvalue weighted by Crippen LogP contribution is -2.01. The van der Waals surface area contributed by atoms with Crippen molar-refractivity contribution in [1.29, 1.82) is 0 Å². The Labute approximate surface area is 60.9 Å². The second kappa shape index (κ2) is 4.66. The number of aliphatic hydroxyl groups is 1. The maximum absolute atomic E-state index is 8.38. The van der Waals surface area contributed by atoms with Crippen molar-refractivity contribution in [3.63, 3.8) is 0 Å². The van der Waals surface area contributed by atoms with Crippen LogP contribution in [-0.2, 0) is 9.47 Å². The van der Waals surface area contributed by atoms with Gasteiger partial charge in [0.1, 0.15) is 0 Å². The third-order valence-electron chi connectivity index (χ3n) is 1.43. The van der Waals surface area contributed by atoms with Crippen LogP contribution in [0, 0.1) is 0 Å². The van der Waals surface area contributed by atoms with Crippen LogP contribution >= 0.6 is 0 Å². The Balaban J connectivity index is 1.68. The van der Waals surface area contributed by atoms with E-state index in [1.165, 1.54) is 0 Å². The summed E-state index contributed by atoms with van der Waals surface area (Å²) in [5, 5.41) is 8.38.